The third-order valence-corrected chi connectivity index (χ3v) is 4.20. The molecular weight excluding hydrogens is 289 g/mol. The van der Waals surface area contributed by atoms with Crippen molar-refractivity contribution in [1.29, 1.82) is 0 Å². The van der Waals surface area contributed by atoms with E-state index in [0.717, 1.165) is 31.4 Å². The second kappa shape index (κ2) is 8.41. The van der Waals surface area contributed by atoms with Crippen molar-refractivity contribution >= 4 is 9.76 Å². The summed E-state index contributed by atoms with van der Waals surface area (Å²) in [4.78, 5) is 0. The predicted octanol–water partition coefficient (Wildman–Crippen LogP) is 2.21. The lowest BCUT2D eigenvalue weighted by Crippen LogP contribution is -2.12. The largest absolute Gasteiger partial charge is 0.416 e. The molecule has 0 fully saturated rings. The molecule has 0 heterocycles. The molecule has 1 aromatic rings. The van der Waals surface area contributed by atoms with Crippen molar-refractivity contribution in [1.82, 2.24) is 0 Å². The highest BCUT2D eigenvalue weighted by molar-refractivity contribution is 6.26. The van der Waals surface area contributed by atoms with Crippen molar-refractivity contribution in [2.45, 2.75) is 44.4 Å². The summed E-state index contributed by atoms with van der Waals surface area (Å²) in [5.41, 5.74) is 0.0897. The maximum absolute atomic E-state index is 12.5. The van der Waals surface area contributed by atoms with E-state index in [4.69, 9.17) is 10.2 Å². The summed E-state index contributed by atoms with van der Waals surface area (Å²) < 4.78 is 42.2. The third kappa shape index (κ3) is 7.04. The number of alkyl halides is 3. The number of benzene rings is 1. The molecule has 0 saturated heterocycles. The summed E-state index contributed by atoms with van der Waals surface area (Å²) in [5, 5.41) is 16.9. The van der Waals surface area contributed by atoms with Crippen molar-refractivity contribution in [2.75, 3.05) is 0 Å². The van der Waals surface area contributed by atoms with Gasteiger partial charge in [-0.1, -0.05) is 31.0 Å². The Morgan fingerprint density at radius 1 is 1.15 bits per heavy atom. The van der Waals surface area contributed by atoms with E-state index in [9.17, 15) is 13.2 Å². The van der Waals surface area contributed by atoms with Gasteiger partial charge in [-0.2, -0.15) is 13.2 Å². The molecule has 0 aliphatic heterocycles. The normalized spacial score (nSPS) is 12.7. The zero-order chi connectivity index (χ0) is 15.0. The fraction of sp³-hybridized carbons (Fsp3) is 0.538. The Labute approximate surface area is 118 Å². The third-order valence-electron chi connectivity index (χ3n) is 2.88. The molecule has 1 aromatic carbocycles. The van der Waals surface area contributed by atoms with Crippen LogP contribution in [-0.4, -0.2) is 26.5 Å². The van der Waals surface area contributed by atoms with Crippen LogP contribution >= 0.6 is 0 Å². The van der Waals surface area contributed by atoms with Crippen LogP contribution in [0, 0.1) is 0 Å². The van der Waals surface area contributed by atoms with Crippen LogP contribution in [0.3, 0.4) is 0 Å². The number of rotatable bonds is 8. The Morgan fingerprint density at radius 2 is 1.90 bits per heavy atom. The minimum atomic E-state index is -4.29. The van der Waals surface area contributed by atoms with Crippen LogP contribution in [0.5, 0.6) is 0 Å². The Bertz CT molecular complexity index is 397. The van der Waals surface area contributed by atoms with Gasteiger partial charge in [0, 0.05) is 0 Å². The van der Waals surface area contributed by atoms with E-state index in [2.05, 4.69) is 4.43 Å². The van der Waals surface area contributed by atoms with E-state index < -0.39 is 28.0 Å². The van der Waals surface area contributed by atoms with Gasteiger partial charge in [0.25, 0.3) is 6.48 Å². The van der Waals surface area contributed by atoms with Crippen molar-refractivity contribution < 1.29 is 27.8 Å². The van der Waals surface area contributed by atoms with Crippen LogP contribution in [0.15, 0.2) is 24.3 Å². The van der Waals surface area contributed by atoms with E-state index in [1.165, 1.54) is 12.1 Å². The standard InChI is InChI=1S/C13H19F3O3Si/c14-13(15,16)11-7-4-6-10(9-11)5-2-1-3-8-20-19-12(17)18/h4,6-7,9,12,17-18H,1-3,5,8,20H2. The summed E-state index contributed by atoms with van der Waals surface area (Å²) in [5.74, 6) is 0. The second-order valence-electron chi connectivity index (χ2n) is 4.56. The second-order valence-corrected chi connectivity index (χ2v) is 6.01. The predicted molar refractivity (Wildman–Crippen MR) is 71.7 cm³/mol. The fourth-order valence-corrected chi connectivity index (χ4v) is 2.81. The fourth-order valence-electron chi connectivity index (χ4n) is 1.88. The number of hydrogen-bond acceptors (Lipinski definition) is 3. The number of aliphatic hydroxyl groups excluding tert-OH is 1. The van der Waals surface area contributed by atoms with Gasteiger partial charge in [0.2, 0.25) is 0 Å². The van der Waals surface area contributed by atoms with Crippen LogP contribution < -0.4 is 0 Å². The van der Waals surface area contributed by atoms with Crippen LogP contribution in [0.2, 0.25) is 6.04 Å². The molecule has 0 aliphatic rings. The quantitative estimate of drug-likeness (QED) is 0.440. The number of halogens is 3. The van der Waals surface area contributed by atoms with Crippen LogP contribution in [0.1, 0.15) is 30.4 Å². The molecule has 0 saturated carbocycles. The molecule has 1 rings (SSSR count). The number of aryl methyl sites for hydroxylation is 1. The topological polar surface area (TPSA) is 49.7 Å². The van der Waals surface area contributed by atoms with Gasteiger partial charge in [-0.25, -0.2) is 0 Å². The number of unbranched alkanes of at least 4 members (excludes halogenated alkanes) is 2. The van der Waals surface area contributed by atoms with E-state index in [0.29, 0.717) is 12.0 Å². The SMILES string of the molecule is OC(O)O[SiH2]CCCCCc1cccc(C(F)(F)F)c1. The first kappa shape index (κ1) is 17.2. The van der Waals surface area contributed by atoms with Gasteiger partial charge in [0.15, 0.2) is 9.76 Å². The van der Waals surface area contributed by atoms with Crippen molar-refractivity contribution in [2.24, 2.45) is 0 Å². The highest BCUT2D eigenvalue weighted by Crippen LogP contribution is 2.29. The smallest absolute Gasteiger partial charge is 0.379 e. The molecular formula is C13H19F3O3Si. The minimum Gasteiger partial charge on any atom is -0.379 e. The van der Waals surface area contributed by atoms with Gasteiger partial charge in [-0.3, -0.25) is 0 Å². The van der Waals surface area contributed by atoms with Gasteiger partial charge in [0.05, 0.1) is 5.56 Å². The molecule has 0 aromatic heterocycles. The summed E-state index contributed by atoms with van der Waals surface area (Å²) in [7, 11) is -0.901. The number of hydrogen-bond donors (Lipinski definition) is 2. The highest BCUT2D eigenvalue weighted by atomic mass is 28.2. The summed E-state index contributed by atoms with van der Waals surface area (Å²) >= 11 is 0. The lowest BCUT2D eigenvalue weighted by atomic mass is 10.0. The Kier molecular flexibility index (Phi) is 7.21. The molecule has 2 N–H and O–H groups in total. The first-order valence-electron chi connectivity index (χ1n) is 6.53. The average Bonchev–Trinajstić information content (AvgIpc) is 2.36. The lowest BCUT2D eigenvalue weighted by molar-refractivity contribution is -0.180. The first-order chi connectivity index (χ1) is 9.39. The van der Waals surface area contributed by atoms with Gasteiger partial charge in [-0.15, -0.1) is 0 Å². The van der Waals surface area contributed by atoms with Crippen molar-refractivity contribution in [3.05, 3.63) is 35.4 Å². The molecule has 3 nitrogen and oxygen atoms in total. The molecule has 7 heteroatoms. The van der Waals surface area contributed by atoms with Crippen molar-refractivity contribution in [3.8, 4) is 0 Å². The van der Waals surface area contributed by atoms with E-state index in [1.807, 2.05) is 0 Å². The maximum Gasteiger partial charge on any atom is 0.416 e. The molecule has 0 aliphatic carbocycles. The van der Waals surface area contributed by atoms with E-state index in [-0.39, 0.29) is 0 Å². The van der Waals surface area contributed by atoms with Gasteiger partial charge in [-0.05, 0) is 30.5 Å². The van der Waals surface area contributed by atoms with Crippen LogP contribution in [0.4, 0.5) is 13.2 Å². The Morgan fingerprint density at radius 3 is 2.55 bits per heavy atom. The van der Waals surface area contributed by atoms with Crippen LogP contribution in [0.25, 0.3) is 0 Å². The average molecular weight is 308 g/mol. The van der Waals surface area contributed by atoms with Gasteiger partial charge >= 0.3 is 6.18 Å². The molecule has 20 heavy (non-hydrogen) atoms. The lowest BCUT2D eigenvalue weighted by Gasteiger charge is -2.08. The van der Waals surface area contributed by atoms with Gasteiger partial charge < -0.3 is 14.6 Å². The summed E-state index contributed by atoms with van der Waals surface area (Å²) in [6.45, 7) is -1.67. The zero-order valence-electron chi connectivity index (χ0n) is 11.1. The van der Waals surface area contributed by atoms with Crippen molar-refractivity contribution in [3.63, 3.8) is 0 Å². The molecule has 0 radical (unpaired) electrons. The Balaban J connectivity index is 2.22. The molecule has 0 unspecified atom stereocenters. The number of aliphatic hydroxyl groups is 2. The molecule has 114 valence electrons. The van der Waals surface area contributed by atoms with Gasteiger partial charge in [0.1, 0.15) is 0 Å². The molecule has 0 bridgehead atoms. The molecule has 0 amide bonds. The molecule has 0 atom stereocenters. The molecule has 0 spiro atoms. The summed E-state index contributed by atoms with van der Waals surface area (Å²) in [6, 6.07) is 6.24. The maximum atomic E-state index is 12.5. The van der Waals surface area contributed by atoms with Crippen LogP contribution in [-0.2, 0) is 17.0 Å². The Hall–Kier alpha value is -0.893. The zero-order valence-corrected chi connectivity index (χ0v) is 12.5. The summed E-state index contributed by atoms with van der Waals surface area (Å²) in [6.07, 6.45) is -1.05. The first-order valence-corrected chi connectivity index (χ1v) is 8.11. The van der Waals surface area contributed by atoms with E-state index in [1.54, 1.807) is 6.07 Å². The minimum absolute atomic E-state index is 0.604. The highest BCUT2D eigenvalue weighted by Gasteiger charge is 2.30. The van der Waals surface area contributed by atoms with E-state index >= 15 is 0 Å². The monoisotopic (exact) mass is 308 g/mol.